The zero-order valence-electron chi connectivity index (χ0n) is 18.2. The minimum atomic E-state index is -4.72. The SMILES string of the molecule is CN(C(=O)C1CCS(=O)(=O)CC1)C(c1ccc(NC2Cc3ccccc3C2)cn1)C(F)(F)F. The third-order valence-corrected chi connectivity index (χ3v) is 8.15. The van der Waals surface area contributed by atoms with E-state index in [0.717, 1.165) is 19.9 Å². The van der Waals surface area contributed by atoms with E-state index < -0.39 is 33.9 Å². The number of nitrogens with zero attached hydrogens (tertiary/aromatic N) is 2. The van der Waals surface area contributed by atoms with Crippen molar-refractivity contribution in [3.8, 4) is 0 Å². The van der Waals surface area contributed by atoms with Crippen molar-refractivity contribution in [2.75, 3.05) is 23.9 Å². The Kier molecular flexibility index (Phi) is 6.39. The van der Waals surface area contributed by atoms with Gasteiger partial charge in [0.2, 0.25) is 5.91 Å². The van der Waals surface area contributed by atoms with Gasteiger partial charge in [-0.25, -0.2) is 8.42 Å². The number of anilines is 1. The zero-order valence-corrected chi connectivity index (χ0v) is 19.0. The molecular weight excluding hydrogens is 455 g/mol. The molecule has 1 amide bonds. The van der Waals surface area contributed by atoms with Crippen LogP contribution in [0, 0.1) is 5.92 Å². The molecule has 0 saturated carbocycles. The average Bonchev–Trinajstić information content (AvgIpc) is 3.16. The van der Waals surface area contributed by atoms with Gasteiger partial charge in [-0.3, -0.25) is 9.78 Å². The third kappa shape index (κ3) is 5.31. The number of amides is 1. The van der Waals surface area contributed by atoms with E-state index in [4.69, 9.17) is 0 Å². The largest absolute Gasteiger partial charge is 0.414 e. The van der Waals surface area contributed by atoms with E-state index >= 15 is 0 Å². The predicted molar refractivity (Wildman–Crippen MR) is 118 cm³/mol. The van der Waals surface area contributed by atoms with Crippen molar-refractivity contribution < 1.29 is 26.4 Å². The van der Waals surface area contributed by atoms with Crippen LogP contribution in [-0.4, -0.2) is 55.0 Å². The Labute approximate surface area is 191 Å². The van der Waals surface area contributed by atoms with Crippen LogP contribution in [0.15, 0.2) is 42.6 Å². The highest BCUT2D eigenvalue weighted by Gasteiger charge is 2.47. The summed E-state index contributed by atoms with van der Waals surface area (Å²) in [7, 11) is -2.12. The first-order chi connectivity index (χ1) is 15.5. The van der Waals surface area contributed by atoms with Crippen molar-refractivity contribution in [2.45, 2.75) is 43.9 Å². The molecule has 10 heteroatoms. The highest BCUT2D eigenvalue weighted by atomic mass is 32.2. The van der Waals surface area contributed by atoms with Crippen LogP contribution >= 0.6 is 0 Å². The van der Waals surface area contributed by atoms with Gasteiger partial charge in [0.25, 0.3) is 0 Å². The van der Waals surface area contributed by atoms with Gasteiger partial charge in [-0.15, -0.1) is 0 Å². The van der Waals surface area contributed by atoms with Gasteiger partial charge in [-0.2, -0.15) is 13.2 Å². The summed E-state index contributed by atoms with van der Waals surface area (Å²) in [6.45, 7) is 0. The molecule has 178 valence electrons. The molecule has 4 rings (SSSR count). The van der Waals surface area contributed by atoms with Crippen LogP contribution < -0.4 is 5.32 Å². The van der Waals surface area contributed by atoms with Gasteiger partial charge in [0.15, 0.2) is 6.04 Å². The van der Waals surface area contributed by atoms with Crippen LogP contribution in [-0.2, 0) is 27.5 Å². The molecule has 1 N–H and O–H groups in total. The van der Waals surface area contributed by atoms with Crippen LogP contribution in [0.5, 0.6) is 0 Å². The van der Waals surface area contributed by atoms with Gasteiger partial charge in [0, 0.05) is 19.0 Å². The lowest BCUT2D eigenvalue weighted by molar-refractivity contribution is -0.191. The number of fused-ring (bicyclic) bond motifs is 1. The molecule has 2 aromatic rings. The van der Waals surface area contributed by atoms with Crippen molar-refractivity contribution in [2.24, 2.45) is 5.92 Å². The molecule has 2 heterocycles. The quantitative estimate of drug-likeness (QED) is 0.707. The molecule has 1 fully saturated rings. The van der Waals surface area contributed by atoms with E-state index in [1.807, 2.05) is 12.1 Å². The Morgan fingerprint density at radius 1 is 1.09 bits per heavy atom. The number of hydrogen-bond donors (Lipinski definition) is 1. The number of nitrogens with one attached hydrogen (secondary N) is 1. The Balaban J connectivity index is 1.46. The van der Waals surface area contributed by atoms with E-state index in [9.17, 15) is 26.4 Å². The number of carbonyl (C=O) groups is 1. The molecule has 0 spiro atoms. The van der Waals surface area contributed by atoms with E-state index in [1.165, 1.54) is 23.4 Å². The molecule has 1 saturated heterocycles. The van der Waals surface area contributed by atoms with Crippen molar-refractivity contribution in [3.05, 3.63) is 59.4 Å². The number of alkyl halides is 3. The van der Waals surface area contributed by atoms with Crippen LogP contribution in [0.4, 0.5) is 18.9 Å². The summed E-state index contributed by atoms with van der Waals surface area (Å²) in [6.07, 6.45) is -1.62. The summed E-state index contributed by atoms with van der Waals surface area (Å²) in [5, 5.41) is 3.32. The zero-order chi connectivity index (χ0) is 23.8. The fourth-order valence-electron chi connectivity index (χ4n) is 4.69. The van der Waals surface area contributed by atoms with Crippen LogP contribution in [0.2, 0.25) is 0 Å². The molecule has 1 aromatic carbocycles. The number of hydrogen-bond acceptors (Lipinski definition) is 5. The second kappa shape index (κ2) is 8.96. The summed E-state index contributed by atoms with van der Waals surface area (Å²) < 4.78 is 65.0. The summed E-state index contributed by atoms with van der Waals surface area (Å²) in [4.78, 5) is 17.5. The monoisotopic (exact) mass is 481 g/mol. The number of sulfone groups is 1. The Morgan fingerprint density at radius 2 is 1.70 bits per heavy atom. The molecule has 6 nitrogen and oxygen atoms in total. The Bertz CT molecular complexity index is 1080. The lowest BCUT2D eigenvalue weighted by Crippen LogP contribution is -2.44. The molecule has 0 radical (unpaired) electrons. The van der Waals surface area contributed by atoms with Gasteiger partial charge >= 0.3 is 6.18 Å². The number of aromatic nitrogens is 1. The second-order valence-electron chi connectivity index (χ2n) is 8.81. The molecule has 1 aromatic heterocycles. The first-order valence-electron chi connectivity index (χ1n) is 10.9. The number of benzene rings is 1. The van der Waals surface area contributed by atoms with E-state index in [0.29, 0.717) is 10.6 Å². The second-order valence-corrected chi connectivity index (χ2v) is 11.1. The van der Waals surface area contributed by atoms with Gasteiger partial charge in [-0.1, -0.05) is 24.3 Å². The Hall–Kier alpha value is -2.62. The topological polar surface area (TPSA) is 79.4 Å². The number of halogens is 3. The molecule has 0 bridgehead atoms. The lowest BCUT2D eigenvalue weighted by atomic mass is 9.99. The van der Waals surface area contributed by atoms with Crippen molar-refractivity contribution >= 4 is 21.4 Å². The smallest absolute Gasteiger partial charge is 0.380 e. The molecule has 1 aliphatic heterocycles. The highest BCUT2D eigenvalue weighted by Crippen LogP contribution is 2.38. The molecule has 2 aliphatic rings. The minimum Gasteiger partial charge on any atom is -0.380 e. The molecule has 1 aliphatic carbocycles. The molecule has 33 heavy (non-hydrogen) atoms. The van der Waals surface area contributed by atoms with Crippen LogP contribution in [0.1, 0.15) is 35.7 Å². The molecule has 1 unspecified atom stereocenters. The normalized spacial score (nSPS) is 19.6. The number of pyridine rings is 1. The van der Waals surface area contributed by atoms with Gasteiger partial charge in [0.1, 0.15) is 9.84 Å². The highest BCUT2D eigenvalue weighted by molar-refractivity contribution is 7.91. The van der Waals surface area contributed by atoms with Gasteiger partial charge < -0.3 is 10.2 Å². The van der Waals surface area contributed by atoms with Crippen molar-refractivity contribution in [1.82, 2.24) is 9.88 Å². The van der Waals surface area contributed by atoms with Gasteiger partial charge in [0.05, 0.1) is 29.1 Å². The fourth-order valence-corrected chi connectivity index (χ4v) is 6.18. The van der Waals surface area contributed by atoms with Gasteiger partial charge in [-0.05, 0) is 48.9 Å². The molecular formula is C23H26F3N3O3S. The Morgan fingerprint density at radius 3 is 2.21 bits per heavy atom. The van der Waals surface area contributed by atoms with Crippen molar-refractivity contribution in [3.63, 3.8) is 0 Å². The average molecular weight is 482 g/mol. The minimum absolute atomic E-state index is 0.0378. The first kappa shape index (κ1) is 23.5. The standard InChI is InChI=1S/C23H26F3N3O3S/c1-29(22(30)15-8-10-33(31,32)11-9-15)21(23(24,25)26)20-7-6-18(14-27-20)28-19-12-16-4-2-3-5-17(16)13-19/h2-7,14-15,19,21,28H,8-13H2,1H3. The fraction of sp³-hybridized carbons (Fsp3) is 0.478. The summed E-state index contributed by atoms with van der Waals surface area (Å²) in [6, 6.07) is 8.89. The summed E-state index contributed by atoms with van der Waals surface area (Å²) >= 11 is 0. The number of rotatable bonds is 5. The number of carbonyl (C=O) groups excluding carboxylic acids is 1. The third-order valence-electron chi connectivity index (χ3n) is 6.44. The van der Waals surface area contributed by atoms with E-state index in [2.05, 4.69) is 22.4 Å². The van der Waals surface area contributed by atoms with Crippen LogP contribution in [0.25, 0.3) is 0 Å². The van der Waals surface area contributed by atoms with E-state index in [-0.39, 0.29) is 36.1 Å². The van der Waals surface area contributed by atoms with Crippen LogP contribution in [0.3, 0.4) is 0 Å². The summed E-state index contributed by atoms with van der Waals surface area (Å²) in [5.74, 6) is -1.82. The predicted octanol–water partition coefficient (Wildman–Crippen LogP) is 3.55. The van der Waals surface area contributed by atoms with E-state index in [1.54, 1.807) is 6.07 Å². The van der Waals surface area contributed by atoms with Crippen molar-refractivity contribution in [1.29, 1.82) is 0 Å². The summed E-state index contributed by atoms with van der Waals surface area (Å²) in [5.41, 5.74) is 2.85. The maximum atomic E-state index is 13.9. The first-order valence-corrected chi connectivity index (χ1v) is 12.7. The molecule has 1 atom stereocenters. The lowest BCUT2D eigenvalue weighted by Gasteiger charge is -2.33. The maximum Gasteiger partial charge on any atom is 0.414 e. The maximum absolute atomic E-state index is 13.9.